The van der Waals surface area contributed by atoms with Crippen molar-refractivity contribution in [2.75, 3.05) is 13.1 Å². The first kappa shape index (κ1) is 19.1. The Morgan fingerprint density at radius 1 is 1.07 bits per heavy atom. The molecule has 142 valence electrons. The van der Waals surface area contributed by atoms with Crippen molar-refractivity contribution in [2.45, 2.75) is 33.2 Å². The molecular formula is C22H25FN2O2. The summed E-state index contributed by atoms with van der Waals surface area (Å²) in [6, 6.07) is 14.3. The van der Waals surface area contributed by atoms with Crippen molar-refractivity contribution in [2.24, 2.45) is 5.41 Å². The van der Waals surface area contributed by atoms with Crippen molar-refractivity contribution in [1.82, 2.24) is 10.2 Å². The molecule has 0 spiro atoms. The molecule has 2 amide bonds. The van der Waals surface area contributed by atoms with Gasteiger partial charge in [0.2, 0.25) is 11.8 Å². The molecule has 2 aromatic carbocycles. The molecule has 1 heterocycles. The number of nitrogens with zero attached hydrogens (tertiary/aromatic N) is 1. The molecule has 1 N–H and O–H groups in total. The van der Waals surface area contributed by atoms with Crippen LogP contribution in [-0.4, -0.2) is 29.8 Å². The summed E-state index contributed by atoms with van der Waals surface area (Å²) in [6.07, 6.45) is 1.40. The van der Waals surface area contributed by atoms with Gasteiger partial charge in [-0.3, -0.25) is 9.59 Å². The van der Waals surface area contributed by atoms with Crippen molar-refractivity contribution in [1.29, 1.82) is 0 Å². The highest BCUT2D eigenvalue weighted by Gasteiger charge is 2.39. The largest absolute Gasteiger partial charge is 0.355 e. The van der Waals surface area contributed by atoms with E-state index in [1.165, 1.54) is 17.7 Å². The molecule has 1 aliphatic heterocycles. The van der Waals surface area contributed by atoms with Crippen LogP contribution in [0.5, 0.6) is 0 Å². The third kappa shape index (κ3) is 4.35. The van der Waals surface area contributed by atoms with Crippen LogP contribution in [0.1, 0.15) is 30.5 Å². The van der Waals surface area contributed by atoms with Crippen LogP contribution >= 0.6 is 0 Å². The molecule has 3 rings (SSSR count). The topological polar surface area (TPSA) is 49.4 Å². The summed E-state index contributed by atoms with van der Waals surface area (Å²) < 4.78 is 12.9. The van der Waals surface area contributed by atoms with E-state index in [0.29, 0.717) is 26.1 Å². The van der Waals surface area contributed by atoms with Gasteiger partial charge in [0.15, 0.2) is 0 Å². The van der Waals surface area contributed by atoms with Crippen molar-refractivity contribution < 1.29 is 14.0 Å². The molecule has 0 bridgehead atoms. The number of amides is 2. The Morgan fingerprint density at radius 3 is 2.44 bits per heavy atom. The van der Waals surface area contributed by atoms with E-state index in [-0.39, 0.29) is 17.6 Å². The summed E-state index contributed by atoms with van der Waals surface area (Å²) in [7, 11) is 0. The van der Waals surface area contributed by atoms with Gasteiger partial charge >= 0.3 is 0 Å². The van der Waals surface area contributed by atoms with E-state index in [1.54, 1.807) is 30.9 Å². The highest BCUT2D eigenvalue weighted by atomic mass is 19.1. The van der Waals surface area contributed by atoms with Crippen LogP contribution in [0.2, 0.25) is 0 Å². The summed E-state index contributed by atoms with van der Waals surface area (Å²) in [5.41, 5.74) is 2.22. The predicted octanol–water partition coefficient (Wildman–Crippen LogP) is 3.10. The average molecular weight is 368 g/mol. The van der Waals surface area contributed by atoms with Gasteiger partial charge in [-0.25, -0.2) is 4.39 Å². The highest BCUT2D eigenvalue weighted by molar-refractivity contribution is 6.04. The number of fused-ring (bicyclic) bond motifs is 1. The SMILES string of the molecule is CC(C)(C(=O)NCCc1ccc(F)cc1)C(=O)N1CCc2ccccc2C1. The lowest BCUT2D eigenvalue weighted by Gasteiger charge is -2.34. The van der Waals surface area contributed by atoms with Gasteiger partial charge < -0.3 is 10.2 Å². The number of halogens is 1. The first-order chi connectivity index (χ1) is 12.9. The lowest BCUT2D eigenvalue weighted by Crippen LogP contribution is -2.51. The molecule has 0 atom stereocenters. The molecule has 5 heteroatoms. The smallest absolute Gasteiger partial charge is 0.238 e. The van der Waals surface area contributed by atoms with E-state index < -0.39 is 5.41 Å². The molecule has 27 heavy (non-hydrogen) atoms. The minimum absolute atomic E-state index is 0.156. The fourth-order valence-corrected chi connectivity index (χ4v) is 3.35. The van der Waals surface area contributed by atoms with E-state index >= 15 is 0 Å². The third-order valence-electron chi connectivity index (χ3n) is 5.13. The number of rotatable bonds is 5. The van der Waals surface area contributed by atoms with E-state index in [0.717, 1.165) is 17.5 Å². The van der Waals surface area contributed by atoms with E-state index in [1.807, 2.05) is 18.2 Å². The minimum Gasteiger partial charge on any atom is -0.355 e. The maximum Gasteiger partial charge on any atom is 0.238 e. The molecule has 1 aliphatic rings. The highest BCUT2D eigenvalue weighted by Crippen LogP contribution is 2.25. The summed E-state index contributed by atoms with van der Waals surface area (Å²) in [6.45, 7) is 4.92. The monoisotopic (exact) mass is 368 g/mol. The molecule has 0 aromatic heterocycles. The number of hydrogen-bond donors (Lipinski definition) is 1. The van der Waals surface area contributed by atoms with Gasteiger partial charge in [0, 0.05) is 19.6 Å². The van der Waals surface area contributed by atoms with E-state index in [9.17, 15) is 14.0 Å². The zero-order valence-corrected chi connectivity index (χ0v) is 15.8. The molecular weight excluding hydrogens is 343 g/mol. The van der Waals surface area contributed by atoms with Crippen LogP contribution in [0.3, 0.4) is 0 Å². The maximum absolute atomic E-state index is 13.0. The van der Waals surface area contributed by atoms with Crippen LogP contribution in [0, 0.1) is 11.2 Å². The minimum atomic E-state index is -1.13. The van der Waals surface area contributed by atoms with E-state index in [2.05, 4.69) is 11.4 Å². The first-order valence-corrected chi connectivity index (χ1v) is 9.27. The third-order valence-corrected chi connectivity index (χ3v) is 5.13. The van der Waals surface area contributed by atoms with Gasteiger partial charge in [-0.05, 0) is 55.5 Å². The van der Waals surface area contributed by atoms with Gasteiger partial charge in [0.25, 0.3) is 0 Å². The number of hydrogen-bond acceptors (Lipinski definition) is 2. The Kier molecular flexibility index (Phi) is 5.59. The van der Waals surface area contributed by atoms with Crippen LogP contribution in [0.4, 0.5) is 4.39 Å². The molecule has 0 unspecified atom stereocenters. The van der Waals surface area contributed by atoms with Crippen molar-refractivity contribution >= 4 is 11.8 Å². The maximum atomic E-state index is 13.0. The normalized spacial score (nSPS) is 13.8. The fraction of sp³-hybridized carbons (Fsp3) is 0.364. The quantitative estimate of drug-likeness (QED) is 0.825. The lowest BCUT2D eigenvalue weighted by molar-refractivity contribution is -0.149. The Labute approximate surface area is 159 Å². The zero-order valence-electron chi connectivity index (χ0n) is 15.8. The van der Waals surface area contributed by atoms with Crippen molar-refractivity contribution in [3.05, 3.63) is 71.0 Å². The average Bonchev–Trinajstić information content (AvgIpc) is 2.68. The second-order valence-corrected chi connectivity index (χ2v) is 7.50. The second kappa shape index (κ2) is 7.91. The number of benzene rings is 2. The fourth-order valence-electron chi connectivity index (χ4n) is 3.35. The summed E-state index contributed by atoms with van der Waals surface area (Å²) >= 11 is 0. The summed E-state index contributed by atoms with van der Waals surface area (Å²) in [5.74, 6) is -0.720. The first-order valence-electron chi connectivity index (χ1n) is 9.27. The summed E-state index contributed by atoms with van der Waals surface area (Å²) in [4.78, 5) is 27.4. The Balaban J connectivity index is 1.57. The molecule has 0 radical (unpaired) electrons. The molecule has 4 nitrogen and oxygen atoms in total. The van der Waals surface area contributed by atoms with E-state index in [4.69, 9.17) is 0 Å². The number of nitrogens with one attached hydrogen (secondary N) is 1. The van der Waals surface area contributed by atoms with Gasteiger partial charge in [0.1, 0.15) is 11.2 Å². The Morgan fingerprint density at radius 2 is 1.74 bits per heavy atom. The molecule has 0 fully saturated rings. The second-order valence-electron chi connectivity index (χ2n) is 7.50. The van der Waals surface area contributed by atoms with Crippen LogP contribution < -0.4 is 5.32 Å². The zero-order chi connectivity index (χ0) is 19.4. The van der Waals surface area contributed by atoms with Crippen LogP contribution in [0.25, 0.3) is 0 Å². The van der Waals surface area contributed by atoms with Crippen molar-refractivity contribution in [3.8, 4) is 0 Å². The molecule has 0 saturated heterocycles. The predicted molar refractivity (Wildman–Crippen MR) is 102 cm³/mol. The van der Waals surface area contributed by atoms with Crippen LogP contribution in [0.15, 0.2) is 48.5 Å². The molecule has 0 aliphatic carbocycles. The van der Waals surface area contributed by atoms with Gasteiger partial charge in [-0.15, -0.1) is 0 Å². The Bertz CT molecular complexity index is 830. The van der Waals surface area contributed by atoms with Gasteiger partial charge in [-0.2, -0.15) is 0 Å². The van der Waals surface area contributed by atoms with Gasteiger partial charge in [-0.1, -0.05) is 36.4 Å². The van der Waals surface area contributed by atoms with Crippen LogP contribution in [-0.2, 0) is 29.0 Å². The standard InChI is InChI=1S/C22H25FN2O2/c1-22(2,20(26)24-13-11-16-7-9-19(23)10-8-16)21(27)25-14-12-17-5-3-4-6-18(17)15-25/h3-10H,11-15H2,1-2H3,(H,24,26). The Hall–Kier alpha value is -2.69. The molecule has 2 aromatic rings. The summed E-state index contributed by atoms with van der Waals surface area (Å²) in [5, 5.41) is 2.84. The lowest BCUT2D eigenvalue weighted by atomic mass is 9.88. The number of carbonyl (C=O) groups is 2. The van der Waals surface area contributed by atoms with Gasteiger partial charge in [0.05, 0.1) is 0 Å². The van der Waals surface area contributed by atoms with Crippen molar-refractivity contribution in [3.63, 3.8) is 0 Å². The number of carbonyl (C=O) groups excluding carboxylic acids is 2. The molecule has 0 saturated carbocycles.